The second kappa shape index (κ2) is 4.58. The van der Waals surface area contributed by atoms with E-state index in [2.05, 4.69) is 0 Å². The maximum absolute atomic E-state index is 13.2. The number of hydrogen-bond acceptors (Lipinski definition) is 2. The van der Waals surface area contributed by atoms with E-state index in [4.69, 9.17) is 22.6 Å². The summed E-state index contributed by atoms with van der Waals surface area (Å²) < 4.78 is 13.2. The third-order valence-corrected chi connectivity index (χ3v) is 2.00. The molecule has 1 aromatic rings. The molecule has 0 aliphatic rings. The number of amides is 1. The smallest absolute Gasteiger partial charge is 0.259 e. The van der Waals surface area contributed by atoms with Gasteiger partial charge in [0.15, 0.2) is 0 Å². The minimum Gasteiger partial charge on any atom is -0.365 e. The maximum atomic E-state index is 13.2. The van der Waals surface area contributed by atoms with Crippen LogP contribution in [0.3, 0.4) is 0 Å². The van der Waals surface area contributed by atoms with E-state index in [0.717, 1.165) is 6.08 Å². The van der Waals surface area contributed by atoms with Gasteiger partial charge in [0.1, 0.15) is 17.5 Å². The quantitative estimate of drug-likeness (QED) is 0.616. The summed E-state index contributed by atoms with van der Waals surface area (Å²) in [6.45, 7) is 0. The van der Waals surface area contributed by atoms with Crippen molar-refractivity contribution in [2.24, 2.45) is 5.73 Å². The standard InChI is InChI=1S/C10H6ClFN2O/c11-8-2-1-3-9(12)7(8)4-6(5-13)10(14)15/h1-4H,(H2,14,15)/b6-4-. The molecule has 0 aliphatic carbocycles. The van der Waals surface area contributed by atoms with Crippen LogP contribution < -0.4 is 5.73 Å². The predicted octanol–water partition coefficient (Wildman–Crippen LogP) is 1.87. The van der Waals surface area contributed by atoms with Crippen LogP contribution in [0.4, 0.5) is 4.39 Å². The van der Waals surface area contributed by atoms with Gasteiger partial charge in [0.05, 0.1) is 5.02 Å². The van der Waals surface area contributed by atoms with Crippen LogP contribution in [-0.4, -0.2) is 5.91 Å². The Balaban J connectivity index is 3.30. The van der Waals surface area contributed by atoms with Crippen molar-refractivity contribution < 1.29 is 9.18 Å². The number of benzene rings is 1. The van der Waals surface area contributed by atoms with Crippen molar-refractivity contribution in [3.8, 4) is 6.07 Å². The van der Waals surface area contributed by atoms with Crippen molar-refractivity contribution in [1.82, 2.24) is 0 Å². The van der Waals surface area contributed by atoms with E-state index in [1.165, 1.54) is 18.2 Å². The molecule has 0 radical (unpaired) electrons. The van der Waals surface area contributed by atoms with Gasteiger partial charge in [-0.25, -0.2) is 4.39 Å². The molecule has 0 saturated heterocycles. The zero-order valence-corrected chi connectivity index (χ0v) is 8.25. The van der Waals surface area contributed by atoms with Gasteiger partial charge in [-0.2, -0.15) is 5.26 Å². The molecular formula is C10H6ClFN2O. The molecule has 76 valence electrons. The fraction of sp³-hybridized carbons (Fsp3) is 0. The zero-order chi connectivity index (χ0) is 11.4. The maximum Gasteiger partial charge on any atom is 0.259 e. The number of carbonyl (C=O) groups is 1. The van der Waals surface area contributed by atoms with Gasteiger partial charge < -0.3 is 5.73 Å². The van der Waals surface area contributed by atoms with Crippen LogP contribution >= 0.6 is 11.6 Å². The Kier molecular flexibility index (Phi) is 3.42. The van der Waals surface area contributed by atoms with Crippen molar-refractivity contribution >= 4 is 23.6 Å². The van der Waals surface area contributed by atoms with Gasteiger partial charge in [0.25, 0.3) is 5.91 Å². The van der Waals surface area contributed by atoms with E-state index in [0.29, 0.717) is 0 Å². The summed E-state index contributed by atoms with van der Waals surface area (Å²) in [6, 6.07) is 5.61. The summed E-state index contributed by atoms with van der Waals surface area (Å²) in [5.74, 6) is -1.53. The number of carbonyl (C=O) groups excluding carboxylic acids is 1. The minimum absolute atomic E-state index is 0.0190. The molecule has 15 heavy (non-hydrogen) atoms. The van der Waals surface area contributed by atoms with Gasteiger partial charge in [-0.3, -0.25) is 4.79 Å². The molecule has 0 unspecified atom stereocenters. The number of halogens is 2. The molecule has 5 heteroatoms. The number of hydrogen-bond donors (Lipinski definition) is 1. The summed E-state index contributed by atoms with van der Waals surface area (Å²) in [5, 5.41) is 8.67. The molecule has 2 N–H and O–H groups in total. The molecule has 0 aliphatic heterocycles. The summed E-state index contributed by atoms with van der Waals surface area (Å²) in [4.78, 5) is 10.7. The Morgan fingerprint density at radius 3 is 2.73 bits per heavy atom. The predicted molar refractivity (Wildman–Crippen MR) is 54.2 cm³/mol. The first-order valence-corrected chi connectivity index (χ1v) is 4.29. The topological polar surface area (TPSA) is 66.9 Å². The molecule has 0 atom stereocenters. The van der Waals surface area contributed by atoms with Gasteiger partial charge in [0.2, 0.25) is 0 Å². The van der Waals surface area contributed by atoms with E-state index in [1.54, 1.807) is 6.07 Å². The molecule has 0 bridgehead atoms. The van der Waals surface area contributed by atoms with Gasteiger partial charge in [-0.15, -0.1) is 0 Å². The molecule has 0 saturated carbocycles. The van der Waals surface area contributed by atoms with Gasteiger partial charge in [0, 0.05) is 5.56 Å². The minimum atomic E-state index is -0.920. The summed E-state index contributed by atoms with van der Waals surface area (Å²) in [5.41, 5.74) is 4.54. The Morgan fingerprint density at radius 1 is 1.60 bits per heavy atom. The lowest BCUT2D eigenvalue weighted by molar-refractivity contribution is -0.114. The van der Waals surface area contributed by atoms with Crippen LogP contribution in [0.2, 0.25) is 5.02 Å². The lowest BCUT2D eigenvalue weighted by atomic mass is 10.1. The van der Waals surface area contributed by atoms with Gasteiger partial charge in [-0.05, 0) is 18.2 Å². The van der Waals surface area contributed by atoms with Crippen molar-refractivity contribution in [2.45, 2.75) is 0 Å². The molecule has 0 heterocycles. The average molecular weight is 225 g/mol. The second-order valence-electron chi connectivity index (χ2n) is 2.67. The Labute approximate surface area is 90.6 Å². The van der Waals surface area contributed by atoms with Crippen molar-refractivity contribution in [1.29, 1.82) is 5.26 Å². The van der Waals surface area contributed by atoms with Crippen LogP contribution in [0.25, 0.3) is 6.08 Å². The Morgan fingerprint density at radius 2 is 2.27 bits per heavy atom. The Bertz CT molecular complexity index is 457. The zero-order valence-electron chi connectivity index (χ0n) is 7.50. The van der Waals surface area contributed by atoms with E-state index in [9.17, 15) is 9.18 Å². The molecule has 0 fully saturated rings. The van der Waals surface area contributed by atoms with Crippen LogP contribution in [0.1, 0.15) is 5.56 Å². The number of nitriles is 1. The lowest BCUT2D eigenvalue weighted by Gasteiger charge is -1.99. The summed E-state index contributed by atoms with van der Waals surface area (Å²) >= 11 is 5.69. The lowest BCUT2D eigenvalue weighted by Crippen LogP contribution is -2.12. The SMILES string of the molecule is N#C/C(=C/c1c(F)cccc1Cl)C(N)=O. The fourth-order valence-electron chi connectivity index (χ4n) is 0.951. The van der Waals surface area contributed by atoms with Crippen LogP contribution in [0, 0.1) is 17.1 Å². The van der Waals surface area contributed by atoms with Crippen LogP contribution in [0.15, 0.2) is 23.8 Å². The van der Waals surface area contributed by atoms with Crippen molar-refractivity contribution in [2.75, 3.05) is 0 Å². The number of nitrogens with two attached hydrogens (primary N) is 1. The molecule has 1 amide bonds. The average Bonchev–Trinajstić information content (AvgIpc) is 2.17. The highest BCUT2D eigenvalue weighted by molar-refractivity contribution is 6.32. The first kappa shape index (κ1) is 11.2. The van der Waals surface area contributed by atoms with E-state index in [1.807, 2.05) is 0 Å². The van der Waals surface area contributed by atoms with E-state index in [-0.39, 0.29) is 16.2 Å². The van der Waals surface area contributed by atoms with Gasteiger partial charge in [-0.1, -0.05) is 17.7 Å². The monoisotopic (exact) mass is 224 g/mol. The highest BCUT2D eigenvalue weighted by Gasteiger charge is 2.08. The first-order valence-electron chi connectivity index (χ1n) is 3.92. The number of primary amides is 1. The first-order chi connectivity index (χ1) is 7.06. The molecule has 1 rings (SSSR count). The number of rotatable bonds is 2. The molecule has 3 nitrogen and oxygen atoms in total. The summed E-state index contributed by atoms with van der Waals surface area (Å²) in [6.07, 6.45) is 1.03. The third kappa shape index (κ3) is 2.55. The van der Waals surface area contributed by atoms with Gasteiger partial charge >= 0.3 is 0 Å². The van der Waals surface area contributed by atoms with Crippen LogP contribution in [-0.2, 0) is 4.79 Å². The number of nitrogens with zero attached hydrogens (tertiary/aromatic N) is 1. The highest BCUT2D eigenvalue weighted by Crippen LogP contribution is 2.21. The molecular weight excluding hydrogens is 219 g/mol. The largest absolute Gasteiger partial charge is 0.365 e. The van der Waals surface area contributed by atoms with E-state index < -0.39 is 11.7 Å². The third-order valence-electron chi connectivity index (χ3n) is 1.67. The van der Waals surface area contributed by atoms with Crippen LogP contribution in [0.5, 0.6) is 0 Å². The normalized spacial score (nSPS) is 10.9. The highest BCUT2D eigenvalue weighted by atomic mass is 35.5. The van der Waals surface area contributed by atoms with Crippen molar-refractivity contribution in [3.05, 3.63) is 40.2 Å². The van der Waals surface area contributed by atoms with E-state index >= 15 is 0 Å². The molecule has 0 aromatic heterocycles. The Hall–Kier alpha value is -1.86. The fourth-order valence-corrected chi connectivity index (χ4v) is 1.17. The summed E-state index contributed by atoms with van der Waals surface area (Å²) in [7, 11) is 0. The second-order valence-corrected chi connectivity index (χ2v) is 3.08. The van der Waals surface area contributed by atoms with Crippen molar-refractivity contribution in [3.63, 3.8) is 0 Å². The molecule has 0 spiro atoms. The molecule has 1 aromatic carbocycles.